The number of aromatic carboxylic acids is 1. The van der Waals surface area contributed by atoms with Gasteiger partial charge >= 0.3 is 5.97 Å². The third-order valence-electron chi connectivity index (χ3n) is 4.79. The van der Waals surface area contributed by atoms with Gasteiger partial charge in [-0.1, -0.05) is 42.5 Å². The zero-order chi connectivity index (χ0) is 24.5. The Balaban J connectivity index is 1.79. The van der Waals surface area contributed by atoms with Crippen LogP contribution in [0, 0.1) is 0 Å². The SMILES string of the molecule is CN(C)c1ccc(/C=C(\NC(=O)c2ccccc2)C(=O)NN=Cc2ccc(C(=O)O)cc2)cc1. The Kier molecular flexibility index (Phi) is 7.91. The van der Waals surface area contributed by atoms with E-state index in [-0.39, 0.29) is 11.3 Å². The van der Waals surface area contributed by atoms with Crippen molar-refractivity contribution < 1.29 is 19.5 Å². The molecule has 8 heteroatoms. The highest BCUT2D eigenvalue weighted by Gasteiger charge is 2.14. The summed E-state index contributed by atoms with van der Waals surface area (Å²) in [6.45, 7) is 0. The van der Waals surface area contributed by atoms with Gasteiger partial charge in [0.25, 0.3) is 11.8 Å². The summed E-state index contributed by atoms with van der Waals surface area (Å²) in [6, 6.07) is 22.1. The van der Waals surface area contributed by atoms with Gasteiger partial charge in [0.2, 0.25) is 0 Å². The number of amides is 2. The molecule has 0 bridgehead atoms. The Morgan fingerprint density at radius 1 is 0.824 bits per heavy atom. The van der Waals surface area contributed by atoms with Crippen LogP contribution in [-0.4, -0.2) is 43.2 Å². The molecule has 2 amide bonds. The van der Waals surface area contributed by atoms with Crippen molar-refractivity contribution in [1.82, 2.24) is 10.7 Å². The van der Waals surface area contributed by atoms with Crippen LogP contribution in [0.15, 0.2) is 89.7 Å². The first kappa shape index (κ1) is 23.9. The van der Waals surface area contributed by atoms with E-state index in [9.17, 15) is 14.4 Å². The molecule has 0 spiro atoms. The molecule has 0 radical (unpaired) electrons. The second kappa shape index (κ2) is 11.2. The Hall–Kier alpha value is -4.72. The zero-order valence-corrected chi connectivity index (χ0v) is 18.7. The van der Waals surface area contributed by atoms with Crippen LogP contribution in [0.5, 0.6) is 0 Å². The molecular formula is C26H24N4O4. The highest BCUT2D eigenvalue weighted by molar-refractivity contribution is 6.05. The van der Waals surface area contributed by atoms with Crippen molar-refractivity contribution in [2.24, 2.45) is 5.10 Å². The topological polar surface area (TPSA) is 111 Å². The maximum Gasteiger partial charge on any atom is 0.335 e. The second-order valence-corrected chi connectivity index (χ2v) is 7.49. The van der Waals surface area contributed by atoms with E-state index in [1.807, 2.05) is 43.3 Å². The van der Waals surface area contributed by atoms with Crippen molar-refractivity contribution >= 4 is 35.8 Å². The number of nitrogens with zero attached hydrogens (tertiary/aromatic N) is 2. The molecule has 3 aromatic rings. The predicted octanol–water partition coefficient (Wildman–Crippen LogP) is 3.37. The van der Waals surface area contributed by atoms with Gasteiger partial charge in [-0.2, -0.15) is 5.10 Å². The monoisotopic (exact) mass is 456 g/mol. The summed E-state index contributed by atoms with van der Waals surface area (Å²) in [7, 11) is 3.86. The van der Waals surface area contributed by atoms with Gasteiger partial charge in [-0.3, -0.25) is 9.59 Å². The molecule has 0 saturated carbocycles. The normalized spacial score (nSPS) is 11.2. The first-order valence-corrected chi connectivity index (χ1v) is 10.4. The fourth-order valence-electron chi connectivity index (χ4n) is 2.92. The summed E-state index contributed by atoms with van der Waals surface area (Å²) in [6.07, 6.45) is 2.94. The molecule has 172 valence electrons. The molecule has 0 unspecified atom stereocenters. The van der Waals surface area contributed by atoms with Gasteiger partial charge in [0.15, 0.2) is 0 Å². The van der Waals surface area contributed by atoms with Gasteiger partial charge in [0.05, 0.1) is 11.8 Å². The van der Waals surface area contributed by atoms with Crippen LogP contribution in [-0.2, 0) is 4.79 Å². The van der Waals surface area contributed by atoms with Crippen molar-refractivity contribution in [2.75, 3.05) is 19.0 Å². The summed E-state index contributed by atoms with van der Waals surface area (Å²) in [4.78, 5) is 38.4. The number of carboxylic acids is 1. The Morgan fingerprint density at radius 3 is 2.03 bits per heavy atom. The summed E-state index contributed by atoms with van der Waals surface area (Å²) < 4.78 is 0. The molecule has 0 aromatic heterocycles. The molecular weight excluding hydrogens is 432 g/mol. The van der Waals surface area contributed by atoms with E-state index in [1.165, 1.54) is 18.3 Å². The highest BCUT2D eigenvalue weighted by atomic mass is 16.4. The lowest BCUT2D eigenvalue weighted by molar-refractivity contribution is -0.117. The van der Waals surface area contributed by atoms with Crippen LogP contribution >= 0.6 is 0 Å². The number of carbonyl (C=O) groups is 3. The Bertz CT molecular complexity index is 1220. The fourth-order valence-corrected chi connectivity index (χ4v) is 2.92. The fraction of sp³-hybridized carbons (Fsp3) is 0.0769. The number of carboxylic acid groups (broad SMARTS) is 1. The maximum atomic E-state index is 12.8. The third-order valence-corrected chi connectivity index (χ3v) is 4.79. The molecule has 0 fully saturated rings. The Morgan fingerprint density at radius 2 is 1.44 bits per heavy atom. The summed E-state index contributed by atoms with van der Waals surface area (Å²) >= 11 is 0. The summed E-state index contributed by atoms with van der Waals surface area (Å²) in [5.41, 5.74) is 5.29. The minimum atomic E-state index is -1.03. The van der Waals surface area contributed by atoms with Crippen LogP contribution in [0.4, 0.5) is 5.69 Å². The average molecular weight is 457 g/mol. The van der Waals surface area contributed by atoms with Gasteiger partial charge in [-0.05, 0) is 53.6 Å². The standard InChI is InChI=1S/C26H24N4O4/c1-30(2)22-14-10-18(11-15-22)16-23(28-24(31)20-6-4-3-5-7-20)25(32)29-27-17-19-8-12-21(13-9-19)26(33)34/h3-17H,1-2H3,(H,28,31)(H,29,32)(H,33,34)/b23-16-,27-17?. The van der Waals surface area contributed by atoms with Crippen molar-refractivity contribution in [3.05, 3.63) is 107 Å². The number of anilines is 1. The summed E-state index contributed by atoms with van der Waals surface area (Å²) in [5, 5.41) is 15.5. The molecule has 34 heavy (non-hydrogen) atoms. The zero-order valence-electron chi connectivity index (χ0n) is 18.7. The van der Waals surface area contributed by atoms with Crippen LogP contribution in [0.25, 0.3) is 6.08 Å². The lowest BCUT2D eigenvalue weighted by Crippen LogP contribution is -2.32. The van der Waals surface area contributed by atoms with E-state index in [0.29, 0.717) is 11.1 Å². The predicted molar refractivity (Wildman–Crippen MR) is 132 cm³/mol. The van der Waals surface area contributed by atoms with Gasteiger partial charge in [-0.25, -0.2) is 10.2 Å². The molecule has 0 heterocycles. The average Bonchev–Trinajstić information content (AvgIpc) is 2.84. The van der Waals surface area contributed by atoms with Gasteiger partial charge in [0, 0.05) is 25.3 Å². The van der Waals surface area contributed by atoms with Crippen LogP contribution in [0.2, 0.25) is 0 Å². The number of carbonyl (C=O) groups excluding carboxylic acids is 2. The van der Waals surface area contributed by atoms with Crippen molar-refractivity contribution in [2.45, 2.75) is 0 Å². The van der Waals surface area contributed by atoms with E-state index < -0.39 is 17.8 Å². The van der Waals surface area contributed by atoms with Gasteiger partial charge in [0.1, 0.15) is 5.70 Å². The molecule has 3 rings (SSSR count). The molecule has 0 atom stereocenters. The van der Waals surface area contributed by atoms with Crippen LogP contribution in [0.3, 0.4) is 0 Å². The van der Waals surface area contributed by atoms with Gasteiger partial charge < -0.3 is 15.3 Å². The van der Waals surface area contributed by atoms with Crippen molar-refractivity contribution in [3.63, 3.8) is 0 Å². The molecule has 3 N–H and O–H groups in total. The minimum absolute atomic E-state index is 0.0184. The Labute approximate surface area is 197 Å². The summed E-state index contributed by atoms with van der Waals surface area (Å²) in [5.74, 6) is -2.07. The first-order chi connectivity index (χ1) is 16.3. The third kappa shape index (κ3) is 6.64. The van der Waals surface area contributed by atoms with E-state index in [2.05, 4.69) is 15.8 Å². The van der Waals surface area contributed by atoms with E-state index in [1.54, 1.807) is 48.5 Å². The quantitative estimate of drug-likeness (QED) is 0.273. The molecule has 0 aliphatic heterocycles. The van der Waals surface area contributed by atoms with Crippen LogP contribution < -0.4 is 15.6 Å². The smallest absolute Gasteiger partial charge is 0.335 e. The highest BCUT2D eigenvalue weighted by Crippen LogP contribution is 2.14. The number of hydrazone groups is 1. The largest absolute Gasteiger partial charge is 0.478 e. The second-order valence-electron chi connectivity index (χ2n) is 7.49. The van der Waals surface area contributed by atoms with Crippen LogP contribution in [0.1, 0.15) is 31.8 Å². The molecule has 0 aliphatic rings. The number of benzene rings is 3. The molecule has 0 saturated heterocycles. The van der Waals surface area contributed by atoms with Crippen molar-refractivity contribution in [3.8, 4) is 0 Å². The first-order valence-electron chi connectivity index (χ1n) is 10.4. The number of hydrogen-bond donors (Lipinski definition) is 3. The lowest BCUT2D eigenvalue weighted by atomic mass is 10.1. The van der Waals surface area contributed by atoms with Gasteiger partial charge in [-0.15, -0.1) is 0 Å². The molecule has 8 nitrogen and oxygen atoms in total. The minimum Gasteiger partial charge on any atom is -0.478 e. The maximum absolute atomic E-state index is 12.8. The van der Waals surface area contributed by atoms with Crippen molar-refractivity contribution in [1.29, 1.82) is 0 Å². The molecule has 3 aromatic carbocycles. The van der Waals surface area contributed by atoms with E-state index in [0.717, 1.165) is 11.3 Å². The van der Waals surface area contributed by atoms with E-state index in [4.69, 9.17) is 5.11 Å². The number of nitrogens with one attached hydrogen (secondary N) is 2. The number of rotatable bonds is 8. The lowest BCUT2D eigenvalue weighted by Gasteiger charge is -2.12. The van der Waals surface area contributed by atoms with E-state index >= 15 is 0 Å². The molecule has 0 aliphatic carbocycles. The number of hydrogen-bond acceptors (Lipinski definition) is 5.